The van der Waals surface area contributed by atoms with E-state index in [2.05, 4.69) is 5.32 Å². The molecule has 0 aromatic heterocycles. The summed E-state index contributed by atoms with van der Waals surface area (Å²) in [5, 5.41) is 14.7. The Balaban J connectivity index is 1.85. The molecule has 8 nitrogen and oxygen atoms in total. The van der Waals surface area contributed by atoms with E-state index in [-0.39, 0.29) is 16.6 Å². The molecule has 1 fully saturated rings. The maximum atomic E-state index is 12.7. The zero-order chi connectivity index (χ0) is 21.0. The Morgan fingerprint density at radius 3 is 2.38 bits per heavy atom. The SMILES string of the molecule is CN(C)C(CNc1ccc(S(=O)(=O)N2CCCC2)cc1[N+](=O)[O-])c1ccccc1. The lowest BCUT2D eigenvalue weighted by atomic mass is 10.1. The molecule has 0 saturated carbocycles. The van der Waals surface area contributed by atoms with Gasteiger partial charge in [0.25, 0.3) is 5.69 Å². The minimum absolute atomic E-state index is 0.00353. The van der Waals surface area contributed by atoms with Crippen molar-refractivity contribution in [2.24, 2.45) is 0 Å². The summed E-state index contributed by atoms with van der Waals surface area (Å²) in [6, 6.07) is 13.9. The quantitative estimate of drug-likeness (QED) is 0.523. The van der Waals surface area contributed by atoms with Crippen LogP contribution in [-0.4, -0.2) is 56.3 Å². The third-order valence-electron chi connectivity index (χ3n) is 5.16. The second kappa shape index (κ2) is 8.89. The molecule has 1 aliphatic heterocycles. The van der Waals surface area contributed by atoms with Gasteiger partial charge in [-0.05, 0) is 44.6 Å². The number of benzene rings is 2. The second-order valence-electron chi connectivity index (χ2n) is 7.32. The number of nitro benzene ring substituents is 1. The number of sulfonamides is 1. The highest BCUT2D eigenvalue weighted by molar-refractivity contribution is 7.89. The van der Waals surface area contributed by atoms with Crippen LogP contribution in [0.3, 0.4) is 0 Å². The predicted molar refractivity (Wildman–Crippen MR) is 112 cm³/mol. The van der Waals surface area contributed by atoms with Crippen LogP contribution >= 0.6 is 0 Å². The van der Waals surface area contributed by atoms with Crippen molar-refractivity contribution in [3.05, 3.63) is 64.2 Å². The molecule has 0 radical (unpaired) electrons. The second-order valence-corrected chi connectivity index (χ2v) is 9.26. The molecular weight excluding hydrogens is 392 g/mol. The average Bonchev–Trinajstić information content (AvgIpc) is 3.24. The van der Waals surface area contributed by atoms with Gasteiger partial charge >= 0.3 is 0 Å². The summed E-state index contributed by atoms with van der Waals surface area (Å²) in [6.45, 7) is 1.35. The Morgan fingerprint density at radius 2 is 1.79 bits per heavy atom. The molecule has 2 aromatic rings. The first kappa shape index (κ1) is 21.2. The van der Waals surface area contributed by atoms with Crippen LogP contribution in [0.2, 0.25) is 0 Å². The number of hydrogen-bond acceptors (Lipinski definition) is 6. The molecule has 1 heterocycles. The first-order valence-corrected chi connectivity index (χ1v) is 11.0. The largest absolute Gasteiger partial charge is 0.378 e. The van der Waals surface area contributed by atoms with Gasteiger partial charge in [0.15, 0.2) is 0 Å². The third-order valence-corrected chi connectivity index (χ3v) is 7.06. The van der Waals surface area contributed by atoms with Crippen molar-refractivity contribution in [1.82, 2.24) is 9.21 Å². The maximum absolute atomic E-state index is 12.7. The van der Waals surface area contributed by atoms with Gasteiger partial charge in [-0.25, -0.2) is 8.42 Å². The van der Waals surface area contributed by atoms with E-state index in [1.54, 1.807) is 0 Å². The number of hydrogen-bond donors (Lipinski definition) is 1. The Labute approximate surface area is 171 Å². The molecule has 156 valence electrons. The number of anilines is 1. The van der Waals surface area contributed by atoms with Gasteiger partial charge in [0, 0.05) is 25.7 Å². The highest BCUT2D eigenvalue weighted by Crippen LogP contribution is 2.31. The van der Waals surface area contributed by atoms with E-state index in [0.29, 0.717) is 25.3 Å². The molecule has 2 aromatic carbocycles. The van der Waals surface area contributed by atoms with Crippen LogP contribution in [0.25, 0.3) is 0 Å². The predicted octanol–water partition coefficient (Wildman–Crippen LogP) is 3.09. The standard InChI is InChI=1S/C20H26N4O4S/c1-22(2)20(16-8-4-3-5-9-16)15-21-18-11-10-17(14-19(18)24(25)26)29(27,28)23-12-6-7-13-23/h3-5,8-11,14,20-21H,6-7,12-13,15H2,1-2H3. The number of nitro groups is 1. The van der Waals surface area contributed by atoms with Gasteiger partial charge in [0.05, 0.1) is 15.9 Å². The summed E-state index contributed by atoms with van der Waals surface area (Å²) in [5.74, 6) is 0. The van der Waals surface area contributed by atoms with Gasteiger partial charge < -0.3 is 10.2 Å². The fraction of sp³-hybridized carbons (Fsp3) is 0.400. The Bertz CT molecular complexity index is 958. The topological polar surface area (TPSA) is 95.8 Å². The minimum atomic E-state index is -3.71. The summed E-state index contributed by atoms with van der Waals surface area (Å²) < 4.78 is 26.9. The third kappa shape index (κ3) is 4.75. The van der Waals surface area contributed by atoms with Gasteiger partial charge in [-0.3, -0.25) is 10.1 Å². The van der Waals surface area contributed by atoms with E-state index in [9.17, 15) is 18.5 Å². The van der Waals surface area contributed by atoms with Crippen LogP contribution in [0.15, 0.2) is 53.4 Å². The normalized spacial score (nSPS) is 16.1. The van der Waals surface area contributed by atoms with E-state index in [1.807, 2.05) is 49.3 Å². The van der Waals surface area contributed by atoms with Gasteiger partial charge in [-0.2, -0.15) is 4.31 Å². The van der Waals surface area contributed by atoms with E-state index >= 15 is 0 Å². The molecule has 3 rings (SSSR count). The molecule has 0 bridgehead atoms. The van der Waals surface area contributed by atoms with E-state index in [1.165, 1.54) is 16.4 Å². The number of nitrogens with zero attached hydrogens (tertiary/aromatic N) is 3. The Kier molecular flexibility index (Phi) is 6.51. The zero-order valence-electron chi connectivity index (χ0n) is 16.6. The van der Waals surface area contributed by atoms with Crippen molar-refractivity contribution < 1.29 is 13.3 Å². The van der Waals surface area contributed by atoms with Gasteiger partial charge in [-0.1, -0.05) is 30.3 Å². The van der Waals surface area contributed by atoms with Gasteiger partial charge in [-0.15, -0.1) is 0 Å². The lowest BCUT2D eigenvalue weighted by Gasteiger charge is -2.25. The van der Waals surface area contributed by atoms with E-state index < -0.39 is 14.9 Å². The van der Waals surface area contributed by atoms with Crippen molar-refractivity contribution in [2.75, 3.05) is 39.0 Å². The summed E-state index contributed by atoms with van der Waals surface area (Å²) in [6.07, 6.45) is 1.62. The first-order chi connectivity index (χ1) is 13.8. The molecule has 1 saturated heterocycles. The fourth-order valence-corrected chi connectivity index (χ4v) is 5.07. The molecule has 0 amide bonds. The minimum Gasteiger partial charge on any atom is -0.378 e. The molecular formula is C20H26N4O4S. The molecule has 1 atom stereocenters. The van der Waals surface area contributed by atoms with Crippen molar-refractivity contribution in [3.8, 4) is 0 Å². The van der Waals surface area contributed by atoms with Crippen molar-refractivity contribution in [2.45, 2.75) is 23.8 Å². The highest BCUT2D eigenvalue weighted by Gasteiger charge is 2.29. The highest BCUT2D eigenvalue weighted by atomic mass is 32.2. The number of rotatable bonds is 8. The average molecular weight is 419 g/mol. The van der Waals surface area contributed by atoms with Gasteiger partial charge in [0.2, 0.25) is 10.0 Å². The summed E-state index contributed by atoms with van der Waals surface area (Å²) in [5.41, 5.74) is 1.15. The Morgan fingerprint density at radius 1 is 1.14 bits per heavy atom. The van der Waals surface area contributed by atoms with E-state index in [0.717, 1.165) is 24.5 Å². The smallest absolute Gasteiger partial charge is 0.293 e. The van der Waals surface area contributed by atoms with Crippen molar-refractivity contribution in [1.29, 1.82) is 0 Å². The molecule has 29 heavy (non-hydrogen) atoms. The van der Waals surface area contributed by atoms with Crippen LogP contribution in [-0.2, 0) is 10.0 Å². The lowest BCUT2D eigenvalue weighted by Crippen LogP contribution is -2.28. The molecule has 0 spiro atoms. The van der Waals surface area contributed by atoms with Crippen LogP contribution in [0.1, 0.15) is 24.4 Å². The van der Waals surface area contributed by atoms with Crippen LogP contribution in [0.5, 0.6) is 0 Å². The van der Waals surface area contributed by atoms with Gasteiger partial charge in [0.1, 0.15) is 5.69 Å². The summed E-state index contributed by atoms with van der Waals surface area (Å²) in [4.78, 5) is 13.1. The van der Waals surface area contributed by atoms with Crippen molar-refractivity contribution in [3.63, 3.8) is 0 Å². The number of nitrogens with one attached hydrogen (secondary N) is 1. The fourth-order valence-electron chi connectivity index (χ4n) is 3.53. The maximum Gasteiger partial charge on any atom is 0.293 e. The van der Waals surface area contributed by atoms with Crippen LogP contribution in [0, 0.1) is 10.1 Å². The van der Waals surface area contributed by atoms with Crippen molar-refractivity contribution >= 4 is 21.4 Å². The van der Waals surface area contributed by atoms with E-state index in [4.69, 9.17) is 0 Å². The number of likely N-dealkylation sites (N-methyl/N-ethyl adjacent to an activating group) is 1. The Hall–Kier alpha value is -2.49. The van der Waals surface area contributed by atoms with Crippen LogP contribution < -0.4 is 5.32 Å². The molecule has 0 aliphatic carbocycles. The summed E-state index contributed by atoms with van der Waals surface area (Å²) in [7, 11) is 0.182. The molecule has 1 unspecified atom stereocenters. The molecule has 1 N–H and O–H groups in total. The zero-order valence-corrected chi connectivity index (χ0v) is 17.4. The lowest BCUT2D eigenvalue weighted by molar-refractivity contribution is -0.384. The van der Waals surface area contributed by atoms with Crippen LogP contribution in [0.4, 0.5) is 11.4 Å². The first-order valence-electron chi connectivity index (χ1n) is 9.54. The summed E-state index contributed by atoms with van der Waals surface area (Å²) >= 11 is 0. The molecule has 1 aliphatic rings. The monoisotopic (exact) mass is 418 g/mol. The molecule has 9 heteroatoms.